The van der Waals surface area contributed by atoms with Crippen LogP contribution in [-0.2, 0) is 66.4 Å². The van der Waals surface area contributed by atoms with Gasteiger partial charge in [0.25, 0.3) is 0 Å². The summed E-state index contributed by atoms with van der Waals surface area (Å²) < 4.78 is 81.1. The third-order valence-electron chi connectivity index (χ3n) is 19.8. The number of rotatable bonds is 16. The van der Waals surface area contributed by atoms with Gasteiger partial charge in [-0.3, -0.25) is 0 Å². The van der Waals surface area contributed by atoms with E-state index in [2.05, 4.69) is 6.92 Å². The molecule has 3 saturated carbocycles. The summed E-state index contributed by atoms with van der Waals surface area (Å²) in [6, 6.07) is 9.34. The molecule has 78 heavy (non-hydrogen) atoms. The number of aliphatic hydroxyl groups excluding tert-OH is 3. The molecule has 4 saturated heterocycles. The Bertz CT molecular complexity index is 2250. The molecule has 1 aromatic carbocycles. The topological polar surface area (TPSA) is 258 Å². The molecule has 7 fully saturated rings. The zero-order chi connectivity index (χ0) is 56.3. The van der Waals surface area contributed by atoms with Crippen LogP contribution in [-0.4, -0.2) is 205 Å². The molecule has 0 bridgehead atoms. The maximum atomic E-state index is 13.6. The molecule has 0 spiro atoms. The van der Waals surface area contributed by atoms with Crippen molar-refractivity contribution in [3.63, 3.8) is 0 Å². The molecule has 6 N–H and O–H groups in total. The van der Waals surface area contributed by atoms with E-state index in [0.29, 0.717) is 38.5 Å². The maximum Gasteiger partial charge on any atom is 0.331 e. The van der Waals surface area contributed by atoms with Gasteiger partial charge in [0.15, 0.2) is 25.2 Å². The molecule has 8 aliphatic rings. The average Bonchev–Trinajstić information content (AvgIpc) is 3.72. The van der Waals surface area contributed by atoms with Crippen LogP contribution in [0.2, 0.25) is 0 Å². The summed E-state index contributed by atoms with van der Waals surface area (Å²) in [6.45, 7) is 12.6. The van der Waals surface area contributed by atoms with Gasteiger partial charge in [-0.25, -0.2) is 4.79 Å². The minimum atomic E-state index is -1.92. The van der Waals surface area contributed by atoms with Gasteiger partial charge in [-0.2, -0.15) is 0 Å². The quantitative estimate of drug-likeness (QED) is 0.0777. The second-order valence-electron chi connectivity index (χ2n) is 23.9. The average molecular weight is 1110 g/mol. The summed E-state index contributed by atoms with van der Waals surface area (Å²) in [5.41, 5.74) is -5.84. The SMILES string of the molecule is CO[C@@H]1[C@@H](O)[C@@H](C)O[C@@H](O[C@@H]2[C@@H](C)O[C@@H](O[C@@H]3[C@@H](C)O[C@@H](O[C@@H]4[C@@H](C)O[C@@H](O[C@H]5CC[C@@]6(C)C(=CC[C@]7(O)[C@@H]6C[C@@H](OC(=O)/C=C\c6ccccc6)[C@@]6(C)[C@]7(O)CC[C@@]6(O)[C@H](C)O)C5)C[C@H]4OC)C[C@H]3OC)C[C@H]2OC)[C@@H]1O. The molecule has 26 atom stereocenters. The molecule has 20 heteroatoms. The fraction of sp³-hybridized carbons (Fsp3) is 0.810. The van der Waals surface area contributed by atoms with E-state index in [9.17, 15) is 35.4 Å². The van der Waals surface area contributed by atoms with E-state index in [4.69, 9.17) is 61.6 Å². The Morgan fingerprint density at radius 2 is 1.23 bits per heavy atom. The van der Waals surface area contributed by atoms with Crippen molar-refractivity contribution in [2.45, 2.75) is 252 Å². The molecule has 0 aromatic heterocycles. The zero-order valence-electron chi connectivity index (χ0n) is 47.2. The molecule has 20 nitrogen and oxygen atoms in total. The molecule has 4 aliphatic carbocycles. The van der Waals surface area contributed by atoms with Crippen LogP contribution in [0.5, 0.6) is 0 Å². The fourth-order valence-corrected chi connectivity index (χ4v) is 15.2. The molecule has 440 valence electrons. The Morgan fingerprint density at radius 1 is 0.679 bits per heavy atom. The van der Waals surface area contributed by atoms with Crippen molar-refractivity contribution in [1.82, 2.24) is 0 Å². The maximum absolute atomic E-state index is 13.6. The number of aliphatic hydroxyl groups is 6. The summed E-state index contributed by atoms with van der Waals surface area (Å²) in [5.74, 6) is -1.21. The Balaban J connectivity index is 0.809. The number of esters is 1. The lowest BCUT2D eigenvalue weighted by molar-refractivity contribution is -0.356. The zero-order valence-corrected chi connectivity index (χ0v) is 47.2. The number of carbonyl (C=O) groups excluding carboxylic acids is 1. The Hall–Kier alpha value is -2.55. The molecule has 0 amide bonds. The molecular formula is C58H88O20. The highest BCUT2D eigenvalue weighted by Gasteiger charge is 2.81. The summed E-state index contributed by atoms with van der Waals surface area (Å²) in [7, 11) is 6.25. The lowest BCUT2D eigenvalue weighted by Crippen LogP contribution is -2.78. The number of benzene rings is 1. The van der Waals surface area contributed by atoms with Gasteiger partial charge in [0, 0.05) is 59.7 Å². The second kappa shape index (κ2) is 23.6. The van der Waals surface area contributed by atoms with E-state index < -0.39 is 156 Å². The van der Waals surface area contributed by atoms with Crippen LogP contribution in [0, 0.1) is 16.7 Å². The predicted molar refractivity (Wildman–Crippen MR) is 278 cm³/mol. The van der Waals surface area contributed by atoms with E-state index in [-0.39, 0.29) is 31.8 Å². The van der Waals surface area contributed by atoms with Crippen molar-refractivity contribution in [3.8, 4) is 0 Å². The number of carbonyl (C=O) groups is 1. The smallest absolute Gasteiger partial charge is 0.331 e. The number of ether oxygens (including phenoxy) is 13. The fourth-order valence-electron chi connectivity index (χ4n) is 15.2. The van der Waals surface area contributed by atoms with Gasteiger partial charge >= 0.3 is 5.97 Å². The van der Waals surface area contributed by atoms with Crippen molar-refractivity contribution in [3.05, 3.63) is 53.6 Å². The van der Waals surface area contributed by atoms with Crippen molar-refractivity contribution < 1.29 is 97.0 Å². The highest BCUT2D eigenvalue weighted by atomic mass is 16.8. The Labute approximate surface area is 458 Å². The first-order valence-electron chi connectivity index (χ1n) is 28.2. The monoisotopic (exact) mass is 1100 g/mol. The van der Waals surface area contributed by atoms with Gasteiger partial charge in [0.2, 0.25) is 0 Å². The summed E-state index contributed by atoms with van der Waals surface area (Å²) >= 11 is 0. The summed E-state index contributed by atoms with van der Waals surface area (Å²) in [6.07, 6.45) is -5.94. The van der Waals surface area contributed by atoms with Crippen LogP contribution in [0.15, 0.2) is 48.1 Å². The summed E-state index contributed by atoms with van der Waals surface area (Å²) in [5, 5.41) is 70.8. The molecule has 9 rings (SSSR count). The second-order valence-corrected chi connectivity index (χ2v) is 23.9. The normalized spacial score (nSPS) is 49.1. The third-order valence-corrected chi connectivity index (χ3v) is 19.8. The van der Waals surface area contributed by atoms with Crippen LogP contribution in [0.1, 0.15) is 118 Å². The van der Waals surface area contributed by atoms with Crippen molar-refractivity contribution in [1.29, 1.82) is 0 Å². The van der Waals surface area contributed by atoms with E-state index in [0.717, 1.165) is 11.1 Å². The summed E-state index contributed by atoms with van der Waals surface area (Å²) in [4.78, 5) is 13.6. The molecule has 4 heterocycles. The third kappa shape index (κ3) is 10.6. The Kier molecular flexibility index (Phi) is 18.2. The standard InChI is InChI=1S/C58H88O20/c1-30-47(61)52(69-11)48(62)53(73-30)78-51-33(4)72-46(28-40(51)68-10)77-50-32(3)71-45(27-39(50)67-9)76-49-31(2)70-44(26-38(49)66-8)74-37-20-21-54(6)36(25-37)19-22-57(64)41(54)29-42(75-43(60)18-17-35-15-13-12-14-16-35)55(7)56(63,34(5)59)23-24-58(55,57)65/h12-19,30-34,37-42,44-53,59,61-65H,20-29H2,1-11H3/b18-17-/t30-,31-,32-,33-,34+,37+,38-,39-,40-,41-,42-,44+,45+,46+,47+,48-,49-,50-,51-,52-,53+,54+,55-,56-,57+,58-/m1/s1. The first-order valence-corrected chi connectivity index (χ1v) is 28.2. The number of hydrogen-bond donors (Lipinski definition) is 6. The van der Waals surface area contributed by atoms with Gasteiger partial charge < -0.3 is 92.2 Å². The number of methoxy groups -OCH3 is 4. The molecule has 1 aromatic rings. The van der Waals surface area contributed by atoms with Gasteiger partial charge in [-0.15, -0.1) is 0 Å². The highest BCUT2D eigenvalue weighted by molar-refractivity contribution is 5.87. The first-order chi connectivity index (χ1) is 37.0. The first kappa shape index (κ1) is 60.1. The number of hydrogen-bond acceptors (Lipinski definition) is 20. The van der Waals surface area contributed by atoms with Crippen molar-refractivity contribution >= 4 is 12.0 Å². The van der Waals surface area contributed by atoms with Crippen LogP contribution in [0.3, 0.4) is 0 Å². The van der Waals surface area contributed by atoms with Crippen molar-refractivity contribution in [2.75, 3.05) is 28.4 Å². The van der Waals surface area contributed by atoms with Crippen LogP contribution in [0.25, 0.3) is 6.08 Å². The molecule has 0 unspecified atom stereocenters. The Morgan fingerprint density at radius 3 is 1.77 bits per heavy atom. The number of fused-ring (bicyclic) bond motifs is 5. The lowest BCUT2D eigenvalue weighted by atomic mass is 9.42. The van der Waals surface area contributed by atoms with E-state index in [1.165, 1.54) is 20.1 Å². The van der Waals surface area contributed by atoms with Crippen LogP contribution < -0.4 is 0 Å². The van der Waals surface area contributed by atoms with E-state index >= 15 is 0 Å². The highest BCUT2D eigenvalue weighted by Crippen LogP contribution is 2.71. The van der Waals surface area contributed by atoms with Crippen molar-refractivity contribution in [2.24, 2.45) is 16.7 Å². The van der Waals surface area contributed by atoms with Gasteiger partial charge in [0.1, 0.15) is 59.5 Å². The minimum Gasteiger partial charge on any atom is -0.458 e. The van der Waals surface area contributed by atoms with Crippen LogP contribution in [0.4, 0.5) is 0 Å². The lowest BCUT2D eigenvalue weighted by Gasteiger charge is -2.67. The molecular weight excluding hydrogens is 1020 g/mol. The largest absolute Gasteiger partial charge is 0.458 e. The van der Waals surface area contributed by atoms with Crippen LogP contribution >= 0.6 is 0 Å². The minimum absolute atomic E-state index is 0.00562. The van der Waals surface area contributed by atoms with Gasteiger partial charge in [-0.05, 0) is 96.6 Å². The molecule has 4 aliphatic heterocycles. The van der Waals surface area contributed by atoms with Gasteiger partial charge in [-0.1, -0.05) is 55.8 Å². The van der Waals surface area contributed by atoms with Gasteiger partial charge in [0.05, 0.1) is 60.4 Å². The molecule has 0 radical (unpaired) electrons. The van der Waals surface area contributed by atoms with E-state index in [1.807, 2.05) is 57.2 Å². The predicted octanol–water partition coefficient (Wildman–Crippen LogP) is 4.00. The van der Waals surface area contributed by atoms with E-state index in [1.54, 1.807) is 41.3 Å².